The molecule has 3 rings (SSSR count). The van der Waals surface area contributed by atoms with Gasteiger partial charge in [-0.25, -0.2) is 8.42 Å². The SMILES string of the molecule is Cc1cccc(CNC(=O)c2ccc(NS(=O)(=O)c3cccs3)cc2)n1. The van der Waals surface area contributed by atoms with Gasteiger partial charge in [-0.1, -0.05) is 12.1 Å². The van der Waals surface area contributed by atoms with Gasteiger partial charge in [-0.3, -0.25) is 14.5 Å². The Balaban J connectivity index is 1.63. The minimum Gasteiger partial charge on any atom is -0.346 e. The number of pyridine rings is 1. The van der Waals surface area contributed by atoms with Crippen LogP contribution in [0.1, 0.15) is 21.7 Å². The third-order valence-corrected chi connectivity index (χ3v) is 6.31. The number of rotatable bonds is 6. The molecule has 0 saturated carbocycles. The van der Waals surface area contributed by atoms with Crippen molar-refractivity contribution in [2.24, 2.45) is 0 Å². The lowest BCUT2D eigenvalue weighted by molar-refractivity contribution is 0.0950. The fourth-order valence-corrected chi connectivity index (χ4v) is 4.33. The Labute approximate surface area is 156 Å². The van der Waals surface area contributed by atoms with Crippen molar-refractivity contribution in [1.82, 2.24) is 10.3 Å². The zero-order valence-electron chi connectivity index (χ0n) is 14.0. The van der Waals surface area contributed by atoms with Gasteiger partial charge in [-0.05, 0) is 54.8 Å². The van der Waals surface area contributed by atoms with Gasteiger partial charge >= 0.3 is 0 Å². The minimum atomic E-state index is -3.59. The van der Waals surface area contributed by atoms with Gasteiger partial charge < -0.3 is 5.32 Å². The molecule has 0 fully saturated rings. The van der Waals surface area contributed by atoms with Crippen molar-refractivity contribution in [2.75, 3.05) is 4.72 Å². The van der Waals surface area contributed by atoms with Crippen LogP contribution in [0.5, 0.6) is 0 Å². The number of hydrogen-bond donors (Lipinski definition) is 2. The summed E-state index contributed by atoms with van der Waals surface area (Å²) in [5, 5.41) is 4.49. The van der Waals surface area contributed by atoms with Crippen molar-refractivity contribution in [2.45, 2.75) is 17.7 Å². The smallest absolute Gasteiger partial charge is 0.271 e. The number of nitrogens with zero attached hydrogens (tertiary/aromatic N) is 1. The van der Waals surface area contributed by atoms with Crippen molar-refractivity contribution in [3.8, 4) is 0 Å². The van der Waals surface area contributed by atoms with Gasteiger partial charge in [0.15, 0.2) is 0 Å². The maximum Gasteiger partial charge on any atom is 0.271 e. The Kier molecular flexibility index (Phi) is 5.34. The molecule has 0 bridgehead atoms. The van der Waals surface area contributed by atoms with Crippen molar-refractivity contribution < 1.29 is 13.2 Å². The summed E-state index contributed by atoms with van der Waals surface area (Å²) < 4.78 is 27.1. The molecule has 0 aliphatic rings. The van der Waals surface area contributed by atoms with Crippen LogP contribution in [-0.4, -0.2) is 19.3 Å². The van der Waals surface area contributed by atoms with Gasteiger partial charge in [0.25, 0.3) is 15.9 Å². The molecule has 0 saturated heterocycles. The highest BCUT2D eigenvalue weighted by Gasteiger charge is 2.15. The number of aromatic nitrogens is 1. The molecule has 2 aromatic heterocycles. The van der Waals surface area contributed by atoms with Gasteiger partial charge in [0.1, 0.15) is 4.21 Å². The van der Waals surface area contributed by atoms with E-state index in [0.29, 0.717) is 17.8 Å². The number of carbonyl (C=O) groups excluding carboxylic acids is 1. The van der Waals surface area contributed by atoms with E-state index in [4.69, 9.17) is 0 Å². The Hall–Kier alpha value is -2.71. The minimum absolute atomic E-state index is 0.241. The lowest BCUT2D eigenvalue weighted by Crippen LogP contribution is -2.23. The molecule has 0 unspecified atom stereocenters. The Bertz CT molecular complexity index is 998. The second-order valence-electron chi connectivity index (χ2n) is 5.57. The molecule has 0 aliphatic heterocycles. The number of hydrogen-bond acceptors (Lipinski definition) is 5. The number of sulfonamides is 1. The highest BCUT2D eigenvalue weighted by molar-refractivity contribution is 7.94. The summed E-state index contributed by atoms with van der Waals surface area (Å²) in [4.78, 5) is 16.5. The normalized spacial score (nSPS) is 11.1. The van der Waals surface area contributed by atoms with Gasteiger partial charge in [0.2, 0.25) is 0 Å². The van der Waals surface area contributed by atoms with E-state index in [9.17, 15) is 13.2 Å². The molecule has 6 nitrogen and oxygen atoms in total. The zero-order valence-corrected chi connectivity index (χ0v) is 15.6. The summed E-state index contributed by atoms with van der Waals surface area (Å²) in [6, 6.07) is 15.1. The summed E-state index contributed by atoms with van der Waals surface area (Å²) in [7, 11) is -3.59. The molecule has 0 spiro atoms. The quantitative estimate of drug-likeness (QED) is 0.680. The average Bonchev–Trinajstić information content (AvgIpc) is 3.16. The molecule has 26 heavy (non-hydrogen) atoms. The number of anilines is 1. The molecule has 3 aromatic rings. The van der Waals surface area contributed by atoms with E-state index in [0.717, 1.165) is 22.7 Å². The van der Waals surface area contributed by atoms with Gasteiger partial charge in [-0.2, -0.15) is 0 Å². The van der Waals surface area contributed by atoms with Crippen LogP contribution < -0.4 is 10.0 Å². The van der Waals surface area contributed by atoms with Crippen LogP contribution in [-0.2, 0) is 16.6 Å². The van der Waals surface area contributed by atoms with Crippen LogP contribution in [0.2, 0.25) is 0 Å². The Morgan fingerprint density at radius 3 is 2.50 bits per heavy atom. The number of nitrogens with one attached hydrogen (secondary N) is 2. The largest absolute Gasteiger partial charge is 0.346 e. The monoisotopic (exact) mass is 387 g/mol. The lowest BCUT2D eigenvalue weighted by atomic mass is 10.2. The highest BCUT2D eigenvalue weighted by Crippen LogP contribution is 2.20. The summed E-state index contributed by atoms with van der Waals surface area (Å²) in [5.74, 6) is -0.249. The standard InChI is InChI=1S/C18H17N3O3S2/c1-13-4-2-5-16(20-13)12-19-18(22)14-7-9-15(10-8-14)21-26(23,24)17-6-3-11-25-17/h2-11,21H,12H2,1H3,(H,19,22). The molecule has 1 amide bonds. The number of carbonyl (C=O) groups is 1. The molecule has 134 valence electrons. The third kappa shape index (κ3) is 4.47. The van der Waals surface area contributed by atoms with Crippen molar-refractivity contribution in [1.29, 1.82) is 0 Å². The molecule has 1 aromatic carbocycles. The lowest BCUT2D eigenvalue weighted by Gasteiger charge is -2.08. The van der Waals surface area contributed by atoms with E-state index in [1.807, 2.05) is 25.1 Å². The summed E-state index contributed by atoms with van der Waals surface area (Å²) in [6.45, 7) is 2.22. The van der Waals surface area contributed by atoms with Crippen LogP contribution in [0, 0.1) is 6.92 Å². The van der Waals surface area contributed by atoms with E-state index >= 15 is 0 Å². The molecule has 2 N–H and O–H groups in total. The Morgan fingerprint density at radius 2 is 1.85 bits per heavy atom. The maximum atomic E-state index is 12.2. The van der Waals surface area contributed by atoms with Gasteiger partial charge in [-0.15, -0.1) is 11.3 Å². The van der Waals surface area contributed by atoms with Gasteiger partial charge in [0, 0.05) is 16.9 Å². The fraction of sp³-hybridized carbons (Fsp3) is 0.111. The predicted octanol–water partition coefficient (Wildman–Crippen LogP) is 3.18. The fourth-order valence-electron chi connectivity index (χ4n) is 2.28. The van der Waals surface area contributed by atoms with Crippen molar-refractivity contribution in [3.05, 3.63) is 76.9 Å². The van der Waals surface area contributed by atoms with Crippen molar-refractivity contribution >= 4 is 33.0 Å². The third-order valence-electron chi connectivity index (χ3n) is 3.54. The maximum absolute atomic E-state index is 12.2. The molecular weight excluding hydrogens is 370 g/mol. The topological polar surface area (TPSA) is 88.2 Å². The first-order valence-electron chi connectivity index (χ1n) is 7.81. The molecule has 0 aliphatic carbocycles. The number of amides is 1. The zero-order chi connectivity index (χ0) is 18.6. The first-order chi connectivity index (χ1) is 12.4. The summed E-state index contributed by atoms with van der Waals surface area (Å²) in [6.07, 6.45) is 0. The van der Waals surface area contributed by atoms with Crippen LogP contribution in [0.3, 0.4) is 0 Å². The van der Waals surface area contributed by atoms with E-state index in [1.165, 1.54) is 6.07 Å². The molecule has 0 atom stereocenters. The van der Waals surface area contributed by atoms with E-state index in [1.54, 1.807) is 35.7 Å². The van der Waals surface area contributed by atoms with Crippen LogP contribution in [0.25, 0.3) is 0 Å². The van der Waals surface area contributed by atoms with Crippen LogP contribution >= 0.6 is 11.3 Å². The van der Waals surface area contributed by atoms with Gasteiger partial charge in [0.05, 0.1) is 12.2 Å². The number of thiophene rings is 1. The highest BCUT2D eigenvalue weighted by atomic mass is 32.2. The number of benzene rings is 1. The van der Waals surface area contributed by atoms with E-state index in [-0.39, 0.29) is 10.1 Å². The van der Waals surface area contributed by atoms with Crippen LogP contribution in [0.4, 0.5) is 5.69 Å². The second-order valence-corrected chi connectivity index (χ2v) is 8.42. The molecule has 8 heteroatoms. The molecule has 2 heterocycles. The summed E-state index contributed by atoms with van der Waals surface area (Å²) in [5.41, 5.74) is 2.50. The Morgan fingerprint density at radius 1 is 1.08 bits per heavy atom. The predicted molar refractivity (Wildman–Crippen MR) is 102 cm³/mol. The van der Waals surface area contributed by atoms with E-state index < -0.39 is 10.0 Å². The second kappa shape index (κ2) is 7.67. The van der Waals surface area contributed by atoms with E-state index in [2.05, 4.69) is 15.0 Å². The first-order valence-corrected chi connectivity index (χ1v) is 10.2. The number of aryl methyl sites for hydroxylation is 1. The molecular formula is C18H17N3O3S2. The van der Waals surface area contributed by atoms with Crippen LogP contribution in [0.15, 0.2) is 64.2 Å². The first kappa shape index (κ1) is 18.1. The van der Waals surface area contributed by atoms with Crippen molar-refractivity contribution in [3.63, 3.8) is 0 Å². The molecule has 0 radical (unpaired) electrons. The average molecular weight is 387 g/mol. The summed E-state index contributed by atoms with van der Waals surface area (Å²) >= 11 is 1.14.